The Hall–Kier alpha value is -1.30. The predicted molar refractivity (Wildman–Crippen MR) is 104 cm³/mol. The third-order valence-corrected chi connectivity index (χ3v) is 5.57. The van der Waals surface area contributed by atoms with Gasteiger partial charge >= 0.3 is 0 Å². The Bertz CT molecular complexity index is 687. The summed E-state index contributed by atoms with van der Waals surface area (Å²) in [5.41, 5.74) is 1.83. The van der Waals surface area contributed by atoms with Gasteiger partial charge in [-0.05, 0) is 37.4 Å². The maximum absolute atomic E-state index is 12.8. The van der Waals surface area contributed by atoms with E-state index in [1.54, 1.807) is 0 Å². The first kappa shape index (κ1) is 20.0. The molecule has 0 unspecified atom stereocenters. The molecule has 2 aromatic heterocycles. The lowest BCUT2D eigenvalue weighted by Gasteiger charge is -2.37. The van der Waals surface area contributed by atoms with Crippen LogP contribution in [0, 0.1) is 11.3 Å². The van der Waals surface area contributed by atoms with E-state index in [1.807, 2.05) is 35.0 Å². The number of carbonyl (C=O) groups is 1. The Labute approximate surface area is 160 Å². The molecule has 0 aromatic carbocycles. The van der Waals surface area contributed by atoms with Gasteiger partial charge in [-0.2, -0.15) is 0 Å². The normalized spacial score (nSPS) is 24.9. The average Bonchev–Trinajstić information content (AvgIpc) is 3.18. The zero-order chi connectivity index (χ0) is 15.7. The van der Waals surface area contributed by atoms with E-state index in [4.69, 9.17) is 0 Å². The number of fused-ring (bicyclic) bond motifs is 2. The van der Waals surface area contributed by atoms with Crippen LogP contribution in [0.1, 0.15) is 31.4 Å². The van der Waals surface area contributed by atoms with Gasteiger partial charge < -0.3 is 15.0 Å². The number of rotatable bonds is 4. The van der Waals surface area contributed by atoms with Crippen LogP contribution >= 0.6 is 24.8 Å². The van der Waals surface area contributed by atoms with E-state index in [1.165, 1.54) is 19.3 Å². The topological polar surface area (TPSA) is 58.4 Å². The van der Waals surface area contributed by atoms with E-state index in [-0.39, 0.29) is 36.1 Å². The highest BCUT2D eigenvalue weighted by Gasteiger charge is 2.49. The molecule has 2 N–H and O–H groups in total. The monoisotopic (exact) mass is 384 g/mol. The molecule has 1 aliphatic carbocycles. The van der Waals surface area contributed by atoms with E-state index in [2.05, 4.69) is 15.6 Å². The van der Waals surface area contributed by atoms with Crippen LogP contribution in [-0.2, 0) is 11.2 Å². The fraction of sp³-hybridized carbons (Fsp3) is 0.556. The average molecular weight is 385 g/mol. The van der Waals surface area contributed by atoms with Crippen molar-refractivity contribution >= 4 is 36.4 Å². The SMILES string of the molecule is Cl.Cl.O=C(NCCc1cn2ccccc2n1)[C@@]12CCCC[C@H]1CNC2. The molecule has 3 heterocycles. The van der Waals surface area contributed by atoms with Crippen molar-refractivity contribution in [1.82, 2.24) is 20.0 Å². The number of hydrogen-bond donors (Lipinski definition) is 2. The first-order chi connectivity index (χ1) is 11.3. The molecule has 7 heteroatoms. The summed E-state index contributed by atoms with van der Waals surface area (Å²) in [5.74, 6) is 0.766. The van der Waals surface area contributed by atoms with Crippen molar-refractivity contribution in [3.8, 4) is 0 Å². The second-order valence-electron chi connectivity index (χ2n) is 6.93. The number of aromatic nitrogens is 2. The molecule has 2 aromatic rings. The third kappa shape index (κ3) is 3.78. The molecule has 2 atom stereocenters. The van der Waals surface area contributed by atoms with Gasteiger partial charge in [0.05, 0.1) is 11.1 Å². The summed E-state index contributed by atoms with van der Waals surface area (Å²) in [6.07, 6.45) is 9.49. The van der Waals surface area contributed by atoms with Gasteiger partial charge in [0.2, 0.25) is 5.91 Å². The van der Waals surface area contributed by atoms with Crippen molar-refractivity contribution in [1.29, 1.82) is 0 Å². The zero-order valence-electron chi connectivity index (χ0n) is 14.2. The Morgan fingerprint density at radius 3 is 3.08 bits per heavy atom. The van der Waals surface area contributed by atoms with Crippen LogP contribution in [0.3, 0.4) is 0 Å². The minimum absolute atomic E-state index is 0. The minimum Gasteiger partial charge on any atom is -0.355 e. The summed E-state index contributed by atoms with van der Waals surface area (Å²) in [7, 11) is 0. The number of nitrogens with zero attached hydrogens (tertiary/aromatic N) is 2. The number of hydrogen-bond acceptors (Lipinski definition) is 3. The second kappa shape index (κ2) is 8.39. The highest BCUT2D eigenvalue weighted by atomic mass is 35.5. The summed E-state index contributed by atoms with van der Waals surface area (Å²) in [6, 6.07) is 5.98. The molecule has 1 aliphatic heterocycles. The highest BCUT2D eigenvalue weighted by molar-refractivity contribution is 5.85. The molecule has 5 nitrogen and oxygen atoms in total. The number of nitrogens with one attached hydrogen (secondary N) is 2. The van der Waals surface area contributed by atoms with Crippen LogP contribution in [0.15, 0.2) is 30.6 Å². The van der Waals surface area contributed by atoms with Crippen molar-refractivity contribution in [3.63, 3.8) is 0 Å². The van der Waals surface area contributed by atoms with E-state index < -0.39 is 0 Å². The van der Waals surface area contributed by atoms with Gasteiger partial charge in [-0.1, -0.05) is 18.9 Å². The van der Waals surface area contributed by atoms with Crippen LogP contribution in [0.2, 0.25) is 0 Å². The summed E-state index contributed by atoms with van der Waals surface area (Å²) >= 11 is 0. The molecule has 25 heavy (non-hydrogen) atoms. The van der Waals surface area contributed by atoms with Crippen LogP contribution in [0.4, 0.5) is 0 Å². The Morgan fingerprint density at radius 2 is 2.24 bits per heavy atom. The maximum atomic E-state index is 12.8. The molecule has 1 amide bonds. The molecule has 0 bridgehead atoms. The van der Waals surface area contributed by atoms with Gasteiger partial charge in [-0.15, -0.1) is 24.8 Å². The quantitative estimate of drug-likeness (QED) is 0.851. The van der Waals surface area contributed by atoms with Crippen molar-refractivity contribution in [3.05, 3.63) is 36.3 Å². The van der Waals surface area contributed by atoms with Crippen molar-refractivity contribution < 1.29 is 4.79 Å². The third-order valence-electron chi connectivity index (χ3n) is 5.57. The van der Waals surface area contributed by atoms with Crippen LogP contribution < -0.4 is 10.6 Å². The van der Waals surface area contributed by atoms with Crippen LogP contribution in [0.25, 0.3) is 5.65 Å². The fourth-order valence-corrected chi connectivity index (χ4v) is 4.28. The Kier molecular flexibility index (Phi) is 6.72. The Morgan fingerprint density at radius 1 is 1.36 bits per heavy atom. The van der Waals surface area contributed by atoms with Crippen molar-refractivity contribution in [2.75, 3.05) is 19.6 Å². The van der Waals surface area contributed by atoms with E-state index in [9.17, 15) is 4.79 Å². The summed E-state index contributed by atoms with van der Waals surface area (Å²) in [4.78, 5) is 17.4. The lowest BCUT2D eigenvalue weighted by molar-refractivity contribution is -0.133. The van der Waals surface area contributed by atoms with Crippen LogP contribution in [-0.4, -0.2) is 34.9 Å². The molecule has 138 valence electrons. The molecule has 0 spiro atoms. The summed E-state index contributed by atoms with van der Waals surface area (Å²) in [6.45, 7) is 2.51. The highest BCUT2D eigenvalue weighted by Crippen LogP contribution is 2.43. The van der Waals surface area contributed by atoms with Crippen molar-refractivity contribution in [2.24, 2.45) is 11.3 Å². The molecule has 1 saturated heterocycles. The lowest BCUT2D eigenvalue weighted by Crippen LogP contribution is -2.48. The number of pyridine rings is 1. The van der Waals surface area contributed by atoms with Gasteiger partial charge in [0.15, 0.2) is 0 Å². The second-order valence-corrected chi connectivity index (χ2v) is 6.93. The smallest absolute Gasteiger partial charge is 0.227 e. The molecule has 2 aliphatic rings. The van der Waals surface area contributed by atoms with E-state index in [0.29, 0.717) is 12.5 Å². The van der Waals surface area contributed by atoms with Crippen molar-refractivity contribution in [2.45, 2.75) is 32.1 Å². The fourth-order valence-electron chi connectivity index (χ4n) is 4.28. The zero-order valence-corrected chi connectivity index (χ0v) is 15.9. The largest absolute Gasteiger partial charge is 0.355 e. The summed E-state index contributed by atoms with van der Waals surface area (Å²) in [5, 5.41) is 6.61. The first-order valence-corrected chi connectivity index (χ1v) is 8.70. The first-order valence-electron chi connectivity index (χ1n) is 8.70. The van der Waals surface area contributed by atoms with Gasteiger partial charge in [0.25, 0.3) is 0 Å². The van der Waals surface area contributed by atoms with Gasteiger partial charge in [-0.3, -0.25) is 4.79 Å². The molecular formula is C18H26Cl2N4O. The molecular weight excluding hydrogens is 359 g/mol. The molecule has 1 saturated carbocycles. The minimum atomic E-state index is -0.156. The Balaban J connectivity index is 0.00000113. The number of carbonyl (C=O) groups excluding carboxylic acids is 1. The summed E-state index contributed by atoms with van der Waals surface area (Å²) < 4.78 is 2.02. The standard InChI is InChI=1S/C18H24N4O.2ClH/c23-17(18-8-3-1-5-14(18)11-19-13-18)20-9-7-15-12-22-10-4-2-6-16(22)21-15;;/h2,4,6,10,12,14,19H,1,3,5,7-9,11,13H2,(H,20,23);2*1H/t14-,18+;;/m0../s1. The lowest BCUT2D eigenvalue weighted by atomic mass is 9.67. The maximum Gasteiger partial charge on any atom is 0.227 e. The predicted octanol–water partition coefficient (Wildman–Crippen LogP) is 2.62. The number of amides is 1. The van der Waals surface area contributed by atoms with Gasteiger partial charge in [0.1, 0.15) is 5.65 Å². The molecule has 2 fully saturated rings. The van der Waals surface area contributed by atoms with E-state index >= 15 is 0 Å². The van der Waals surface area contributed by atoms with Gasteiger partial charge in [0, 0.05) is 31.9 Å². The van der Waals surface area contributed by atoms with Crippen LogP contribution in [0.5, 0.6) is 0 Å². The number of imidazole rings is 1. The van der Waals surface area contributed by atoms with Gasteiger partial charge in [-0.25, -0.2) is 4.98 Å². The molecule has 4 rings (SSSR count). The molecule has 0 radical (unpaired) electrons. The van der Waals surface area contributed by atoms with E-state index in [0.717, 1.165) is 37.3 Å². The number of halogens is 2.